The first-order valence-electron chi connectivity index (χ1n) is 4.64. The molecule has 1 rings (SSSR count). The first-order valence-corrected chi connectivity index (χ1v) is 5.08. The van der Waals surface area contributed by atoms with Crippen molar-refractivity contribution in [3.8, 4) is 5.75 Å². The molecule has 1 aromatic rings. The molecule has 14 heavy (non-hydrogen) atoms. The number of hydrogen-bond donors (Lipinski definition) is 1. The quantitative estimate of drug-likeness (QED) is 0.765. The monoisotopic (exact) mass is 214 g/mol. The Kier molecular flexibility index (Phi) is 4.53. The first kappa shape index (κ1) is 11.1. The van der Waals surface area contributed by atoms with Crippen molar-refractivity contribution in [2.75, 3.05) is 19.0 Å². The zero-order valence-electron chi connectivity index (χ0n) is 8.46. The van der Waals surface area contributed by atoms with Crippen molar-refractivity contribution < 1.29 is 4.74 Å². The van der Waals surface area contributed by atoms with Gasteiger partial charge in [-0.1, -0.05) is 6.92 Å². The van der Waals surface area contributed by atoms with E-state index >= 15 is 0 Å². The predicted molar refractivity (Wildman–Crippen MR) is 59.2 cm³/mol. The largest absolute Gasteiger partial charge is 0.495 e. The third kappa shape index (κ3) is 3.42. The van der Waals surface area contributed by atoms with Gasteiger partial charge in [-0.15, -0.1) is 11.6 Å². The van der Waals surface area contributed by atoms with Crippen LogP contribution in [0.2, 0.25) is 0 Å². The summed E-state index contributed by atoms with van der Waals surface area (Å²) in [6.07, 6.45) is 2.63. The smallest absolute Gasteiger partial charge is 0.137 e. The van der Waals surface area contributed by atoms with E-state index in [1.165, 1.54) is 0 Å². The maximum absolute atomic E-state index is 5.96. The highest BCUT2D eigenvalue weighted by Crippen LogP contribution is 2.11. The number of hydrogen-bond acceptors (Lipinski definition) is 3. The lowest BCUT2D eigenvalue weighted by atomic mass is 10.3. The molecule has 78 valence electrons. The van der Waals surface area contributed by atoms with E-state index in [9.17, 15) is 0 Å². The Morgan fingerprint density at radius 1 is 1.57 bits per heavy atom. The number of nitrogens with zero attached hydrogens (tertiary/aromatic N) is 1. The lowest BCUT2D eigenvalue weighted by Crippen LogP contribution is -2.13. The highest BCUT2D eigenvalue weighted by Gasteiger charge is 2.01. The molecule has 0 aliphatic rings. The van der Waals surface area contributed by atoms with Crippen LogP contribution in [0.15, 0.2) is 18.3 Å². The Morgan fingerprint density at radius 2 is 2.36 bits per heavy atom. The van der Waals surface area contributed by atoms with Gasteiger partial charge in [-0.25, -0.2) is 4.98 Å². The second kappa shape index (κ2) is 5.70. The zero-order chi connectivity index (χ0) is 10.4. The molecule has 0 aliphatic heterocycles. The highest BCUT2D eigenvalue weighted by molar-refractivity contribution is 6.20. The van der Waals surface area contributed by atoms with Gasteiger partial charge in [0.2, 0.25) is 0 Å². The number of halogens is 1. The molecular weight excluding hydrogens is 200 g/mol. The highest BCUT2D eigenvalue weighted by atomic mass is 35.5. The van der Waals surface area contributed by atoms with Crippen molar-refractivity contribution in [2.24, 2.45) is 0 Å². The van der Waals surface area contributed by atoms with E-state index in [2.05, 4.69) is 17.2 Å². The summed E-state index contributed by atoms with van der Waals surface area (Å²) in [4.78, 5) is 4.16. The molecule has 1 unspecified atom stereocenters. The summed E-state index contributed by atoms with van der Waals surface area (Å²) in [5.41, 5.74) is 0. The minimum absolute atomic E-state index is 0.152. The second-order valence-electron chi connectivity index (χ2n) is 2.97. The average molecular weight is 215 g/mol. The molecule has 3 nitrogen and oxygen atoms in total. The molecule has 0 fully saturated rings. The fourth-order valence-corrected chi connectivity index (χ4v) is 1.04. The molecule has 0 radical (unpaired) electrons. The normalized spacial score (nSPS) is 12.2. The maximum Gasteiger partial charge on any atom is 0.137 e. The molecule has 1 N–H and O–H groups in total. The van der Waals surface area contributed by atoms with Gasteiger partial charge in [0.1, 0.15) is 11.6 Å². The lowest BCUT2D eigenvalue weighted by Gasteiger charge is -2.09. The summed E-state index contributed by atoms with van der Waals surface area (Å²) >= 11 is 5.96. The van der Waals surface area contributed by atoms with Crippen molar-refractivity contribution in [1.29, 1.82) is 0 Å². The Bertz CT molecular complexity index is 263. The van der Waals surface area contributed by atoms with Crippen LogP contribution in [0.25, 0.3) is 0 Å². The minimum Gasteiger partial charge on any atom is -0.495 e. The molecule has 0 aliphatic carbocycles. The number of rotatable bonds is 5. The van der Waals surface area contributed by atoms with Crippen molar-refractivity contribution >= 4 is 17.4 Å². The topological polar surface area (TPSA) is 34.1 Å². The van der Waals surface area contributed by atoms with Gasteiger partial charge in [0.25, 0.3) is 0 Å². The minimum atomic E-state index is 0.152. The first-order chi connectivity index (χ1) is 6.76. The SMILES string of the molecule is CCC(Cl)CNc1ccc(OC)cn1. The van der Waals surface area contributed by atoms with Gasteiger partial charge in [0.15, 0.2) is 0 Å². The van der Waals surface area contributed by atoms with Gasteiger partial charge in [0.05, 0.1) is 18.7 Å². The van der Waals surface area contributed by atoms with Crippen LogP contribution in [-0.2, 0) is 0 Å². The van der Waals surface area contributed by atoms with Crippen molar-refractivity contribution in [3.05, 3.63) is 18.3 Å². The van der Waals surface area contributed by atoms with Gasteiger partial charge in [-0.2, -0.15) is 0 Å². The number of methoxy groups -OCH3 is 1. The van der Waals surface area contributed by atoms with Crippen LogP contribution < -0.4 is 10.1 Å². The number of alkyl halides is 1. The van der Waals surface area contributed by atoms with E-state index in [4.69, 9.17) is 16.3 Å². The molecular formula is C10H15ClN2O. The Morgan fingerprint density at radius 3 is 2.86 bits per heavy atom. The van der Waals surface area contributed by atoms with E-state index in [1.807, 2.05) is 12.1 Å². The van der Waals surface area contributed by atoms with Crippen LogP contribution >= 0.6 is 11.6 Å². The van der Waals surface area contributed by atoms with E-state index in [-0.39, 0.29) is 5.38 Å². The predicted octanol–water partition coefficient (Wildman–Crippen LogP) is 2.52. The third-order valence-electron chi connectivity index (χ3n) is 1.92. The number of anilines is 1. The number of aromatic nitrogens is 1. The summed E-state index contributed by atoms with van der Waals surface area (Å²) < 4.78 is 5.00. The van der Waals surface area contributed by atoms with E-state index in [0.29, 0.717) is 0 Å². The van der Waals surface area contributed by atoms with E-state index in [0.717, 1.165) is 24.5 Å². The zero-order valence-corrected chi connectivity index (χ0v) is 9.21. The molecule has 0 saturated carbocycles. The summed E-state index contributed by atoms with van der Waals surface area (Å²) in [6.45, 7) is 2.79. The molecule has 0 bridgehead atoms. The molecule has 0 spiro atoms. The van der Waals surface area contributed by atoms with Crippen LogP contribution in [0.4, 0.5) is 5.82 Å². The Labute approximate surface area is 89.4 Å². The number of pyridine rings is 1. The van der Waals surface area contributed by atoms with Crippen molar-refractivity contribution in [1.82, 2.24) is 4.98 Å². The summed E-state index contributed by atoms with van der Waals surface area (Å²) in [6, 6.07) is 3.74. The van der Waals surface area contributed by atoms with Crippen LogP contribution in [0, 0.1) is 0 Å². The van der Waals surface area contributed by atoms with E-state index in [1.54, 1.807) is 13.3 Å². The van der Waals surface area contributed by atoms with Crippen LogP contribution in [0.1, 0.15) is 13.3 Å². The molecule has 0 saturated heterocycles. The average Bonchev–Trinajstić information content (AvgIpc) is 2.26. The standard InChI is InChI=1S/C10H15ClN2O/c1-3-8(11)6-12-10-5-4-9(14-2)7-13-10/h4-5,7-8H,3,6H2,1-2H3,(H,12,13). The van der Waals surface area contributed by atoms with Gasteiger partial charge in [-0.3, -0.25) is 0 Å². The van der Waals surface area contributed by atoms with Crippen LogP contribution in [-0.4, -0.2) is 24.0 Å². The molecule has 0 aromatic carbocycles. The fourth-order valence-electron chi connectivity index (χ4n) is 0.965. The van der Waals surface area contributed by atoms with Crippen molar-refractivity contribution in [3.63, 3.8) is 0 Å². The number of ether oxygens (including phenoxy) is 1. The molecule has 4 heteroatoms. The second-order valence-corrected chi connectivity index (χ2v) is 3.59. The van der Waals surface area contributed by atoms with E-state index < -0.39 is 0 Å². The van der Waals surface area contributed by atoms with Gasteiger partial charge in [0, 0.05) is 6.54 Å². The number of nitrogens with one attached hydrogen (secondary N) is 1. The van der Waals surface area contributed by atoms with Crippen LogP contribution in [0.5, 0.6) is 5.75 Å². The molecule has 1 atom stereocenters. The van der Waals surface area contributed by atoms with Crippen LogP contribution in [0.3, 0.4) is 0 Å². The third-order valence-corrected chi connectivity index (χ3v) is 2.38. The molecule has 1 heterocycles. The lowest BCUT2D eigenvalue weighted by molar-refractivity contribution is 0.413. The summed E-state index contributed by atoms with van der Waals surface area (Å²) in [5, 5.41) is 3.30. The maximum atomic E-state index is 5.96. The van der Waals surface area contributed by atoms with Gasteiger partial charge >= 0.3 is 0 Å². The molecule has 0 amide bonds. The fraction of sp³-hybridized carbons (Fsp3) is 0.500. The van der Waals surface area contributed by atoms with Crippen molar-refractivity contribution in [2.45, 2.75) is 18.7 Å². The summed E-state index contributed by atoms with van der Waals surface area (Å²) in [7, 11) is 1.62. The molecule has 1 aromatic heterocycles. The van der Waals surface area contributed by atoms with Gasteiger partial charge < -0.3 is 10.1 Å². The Balaban J connectivity index is 2.43. The van der Waals surface area contributed by atoms with Gasteiger partial charge in [-0.05, 0) is 18.6 Å². The summed E-state index contributed by atoms with van der Waals surface area (Å²) in [5.74, 6) is 1.58. The Hall–Kier alpha value is -0.960.